The number of benzene rings is 1. The molecular formula is C12H16N6. The number of anilines is 2. The fourth-order valence-electron chi connectivity index (χ4n) is 1.72. The van der Waals surface area contributed by atoms with Gasteiger partial charge >= 0.3 is 0 Å². The summed E-state index contributed by atoms with van der Waals surface area (Å²) < 4.78 is 0. The van der Waals surface area contributed by atoms with Crippen LogP contribution < -0.4 is 11.5 Å². The molecule has 0 atom stereocenters. The third kappa shape index (κ3) is 3.39. The number of nitrogens with two attached hydrogens (primary N) is 2. The van der Waals surface area contributed by atoms with E-state index < -0.39 is 0 Å². The highest BCUT2D eigenvalue weighted by molar-refractivity contribution is 5.25. The predicted octanol–water partition coefficient (Wildman–Crippen LogP) is 0.668. The molecule has 0 radical (unpaired) electrons. The van der Waals surface area contributed by atoms with Gasteiger partial charge in [0.1, 0.15) is 5.82 Å². The molecule has 0 unspecified atom stereocenters. The van der Waals surface area contributed by atoms with Gasteiger partial charge in [-0.1, -0.05) is 30.3 Å². The summed E-state index contributed by atoms with van der Waals surface area (Å²) in [5.41, 5.74) is 12.3. The fourth-order valence-corrected chi connectivity index (χ4v) is 1.72. The second-order valence-electron chi connectivity index (χ2n) is 4.13. The Morgan fingerprint density at radius 3 is 2.17 bits per heavy atom. The lowest BCUT2D eigenvalue weighted by Gasteiger charge is -2.15. The zero-order chi connectivity index (χ0) is 13.0. The van der Waals surface area contributed by atoms with Crippen molar-refractivity contribution in [2.75, 3.05) is 18.5 Å². The lowest BCUT2D eigenvalue weighted by molar-refractivity contribution is 0.310. The molecule has 0 bridgehead atoms. The number of hydrogen-bond acceptors (Lipinski definition) is 6. The van der Waals surface area contributed by atoms with Crippen molar-refractivity contribution in [1.29, 1.82) is 0 Å². The highest BCUT2D eigenvalue weighted by Crippen LogP contribution is 2.06. The van der Waals surface area contributed by atoms with E-state index in [0.717, 1.165) is 6.54 Å². The first-order valence-corrected chi connectivity index (χ1v) is 5.62. The number of nitrogens with zero attached hydrogens (tertiary/aromatic N) is 4. The first kappa shape index (κ1) is 12.3. The summed E-state index contributed by atoms with van der Waals surface area (Å²) in [5.74, 6) is 0.898. The lowest BCUT2D eigenvalue weighted by atomic mass is 10.2. The van der Waals surface area contributed by atoms with E-state index in [1.807, 2.05) is 25.2 Å². The molecule has 18 heavy (non-hydrogen) atoms. The van der Waals surface area contributed by atoms with Crippen LogP contribution in [0.5, 0.6) is 0 Å². The first-order chi connectivity index (χ1) is 8.63. The van der Waals surface area contributed by atoms with Gasteiger partial charge < -0.3 is 11.5 Å². The minimum atomic E-state index is 0.158. The van der Waals surface area contributed by atoms with Gasteiger partial charge in [0.15, 0.2) is 0 Å². The Labute approximate surface area is 106 Å². The monoisotopic (exact) mass is 244 g/mol. The van der Waals surface area contributed by atoms with Crippen LogP contribution in [0, 0.1) is 0 Å². The summed E-state index contributed by atoms with van der Waals surface area (Å²) in [6, 6.07) is 10.2. The van der Waals surface area contributed by atoms with Gasteiger partial charge in [-0.2, -0.15) is 15.0 Å². The third-order valence-corrected chi connectivity index (χ3v) is 2.42. The number of nitrogen functional groups attached to an aromatic ring is 2. The quantitative estimate of drug-likeness (QED) is 0.821. The molecule has 1 heterocycles. The van der Waals surface area contributed by atoms with Crippen molar-refractivity contribution in [2.45, 2.75) is 13.1 Å². The van der Waals surface area contributed by atoms with E-state index in [9.17, 15) is 0 Å². The van der Waals surface area contributed by atoms with Gasteiger partial charge in [-0.25, -0.2) is 0 Å². The standard InChI is InChI=1S/C12H16N6/c1-18(7-9-5-3-2-4-6-9)8-10-15-11(13)17-12(14)16-10/h2-6H,7-8H2,1H3,(H4,13,14,15,16,17). The number of rotatable bonds is 4. The molecule has 1 aromatic carbocycles. The van der Waals surface area contributed by atoms with Crippen LogP contribution in [0.3, 0.4) is 0 Å². The van der Waals surface area contributed by atoms with E-state index in [0.29, 0.717) is 12.4 Å². The Morgan fingerprint density at radius 2 is 1.56 bits per heavy atom. The highest BCUT2D eigenvalue weighted by Gasteiger charge is 2.06. The average molecular weight is 244 g/mol. The minimum absolute atomic E-state index is 0.158. The van der Waals surface area contributed by atoms with Gasteiger partial charge in [-0.05, 0) is 12.6 Å². The zero-order valence-electron chi connectivity index (χ0n) is 10.2. The van der Waals surface area contributed by atoms with E-state index in [1.165, 1.54) is 5.56 Å². The number of aromatic nitrogens is 3. The Morgan fingerprint density at radius 1 is 0.944 bits per heavy atom. The maximum atomic E-state index is 5.53. The summed E-state index contributed by atoms with van der Waals surface area (Å²) in [4.78, 5) is 13.9. The average Bonchev–Trinajstić information content (AvgIpc) is 2.28. The molecule has 0 aliphatic heterocycles. The lowest BCUT2D eigenvalue weighted by Crippen LogP contribution is -2.20. The molecule has 1 aromatic heterocycles. The molecule has 94 valence electrons. The van der Waals surface area contributed by atoms with Crippen LogP contribution in [0.1, 0.15) is 11.4 Å². The molecule has 0 aliphatic carbocycles. The predicted molar refractivity (Wildman–Crippen MR) is 70.3 cm³/mol. The van der Waals surface area contributed by atoms with Crippen LogP contribution in [-0.2, 0) is 13.1 Å². The van der Waals surface area contributed by atoms with Crippen molar-refractivity contribution in [3.05, 3.63) is 41.7 Å². The molecule has 0 aliphatic rings. The smallest absolute Gasteiger partial charge is 0.225 e. The Hall–Kier alpha value is -2.21. The summed E-state index contributed by atoms with van der Waals surface area (Å²) in [6.45, 7) is 1.39. The van der Waals surface area contributed by atoms with Crippen molar-refractivity contribution < 1.29 is 0 Å². The molecule has 0 fully saturated rings. The van der Waals surface area contributed by atoms with Crippen LogP contribution in [0.25, 0.3) is 0 Å². The van der Waals surface area contributed by atoms with Gasteiger partial charge in [0.25, 0.3) is 0 Å². The molecular weight excluding hydrogens is 228 g/mol. The minimum Gasteiger partial charge on any atom is -0.368 e. The van der Waals surface area contributed by atoms with Crippen molar-refractivity contribution in [2.24, 2.45) is 0 Å². The van der Waals surface area contributed by atoms with Crippen molar-refractivity contribution in [1.82, 2.24) is 19.9 Å². The van der Waals surface area contributed by atoms with Crippen LogP contribution in [0.4, 0.5) is 11.9 Å². The van der Waals surface area contributed by atoms with Crippen LogP contribution >= 0.6 is 0 Å². The van der Waals surface area contributed by atoms with Crippen molar-refractivity contribution in [3.63, 3.8) is 0 Å². The van der Waals surface area contributed by atoms with E-state index in [-0.39, 0.29) is 11.9 Å². The molecule has 0 amide bonds. The van der Waals surface area contributed by atoms with E-state index in [1.54, 1.807) is 0 Å². The fraction of sp³-hybridized carbons (Fsp3) is 0.250. The van der Waals surface area contributed by atoms with E-state index in [2.05, 4.69) is 32.0 Å². The van der Waals surface area contributed by atoms with Gasteiger partial charge in [-0.3, -0.25) is 4.90 Å². The van der Waals surface area contributed by atoms with Gasteiger partial charge in [0, 0.05) is 6.54 Å². The van der Waals surface area contributed by atoms with Crippen molar-refractivity contribution in [3.8, 4) is 0 Å². The Bertz CT molecular complexity index is 493. The summed E-state index contributed by atoms with van der Waals surface area (Å²) >= 11 is 0. The molecule has 6 nitrogen and oxygen atoms in total. The van der Waals surface area contributed by atoms with Gasteiger partial charge in [0.2, 0.25) is 11.9 Å². The van der Waals surface area contributed by atoms with E-state index in [4.69, 9.17) is 11.5 Å². The van der Waals surface area contributed by atoms with Gasteiger partial charge in [0.05, 0.1) is 6.54 Å². The Balaban J connectivity index is 2.01. The third-order valence-electron chi connectivity index (χ3n) is 2.42. The van der Waals surface area contributed by atoms with E-state index >= 15 is 0 Å². The second kappa shape index (κ2) is 5.42. The molecule has 0 saturated carbocycles. The normalized spacial score (nSPS) is 10.8. The summed E-state index contributed by atoms with van der Waals surface area (Å²) in [7, 11) is 1.99. The topological polar surface area (TPSA) is 94.0 Å². The highest BCUT2D eigenvalue weighted by atomic mass is 15.2. The largest absolute Gasteiger partial charge is 0.368 e. The van der Waals surface area contributed by atoms with Gasteiger partial charge in [-0.15, -0.1) is 0 Å². The first-order valence-electron chi connectivity index (χ1n) is 5.62. The number of hydrogen-bond donors (Lipinski definition) is 2. The molecule has 6 heteroatoms. The van der Waals surface area contributed by atoms with Crippen LogP contribution in [0.2, 0.25) is 0 Å². The summed E-state index contributed by atoms with van der Waals surface area (Å²) in [6.07, 6.45) is 0. The molecule has 0 spiro atoms. The Kier molecular flexibility index (Phi) is 3.69. The molecule has 0 saturated heterocycles. The second-order valence-corrected chi connectivity index (χ2v) is 4.13. The summed E-state index contributed by atoms with van der Waals surface area (Å²) in [5, 5.41) is 0. The van der Waals surface area contributed by atoms with Crippen LogP contribution in [-0.4, -0.2) is 26.9 Å². The van der Waals surface area contributed by atoms with Crippen molar-refractivity contribution >= 4 is 11.9 Å². The zero-order valence-corrected chi connectivity index (χ0v) is 10.2. The van der Waals surface area contributed by atoms with Crippen LogP contribution in [0.15, 0.2) is 30.3 Å². The maximum Gasteiger partial charge on any atom is 0.225 e. The maximum absolute atomic E-state index is 5.53. The SMILES string of the molecule is CN(Cc1ccccc1)Cc1nc(N)nc(N)n1. The molecule has 2 rings (SSSR count). The molecule has 2 aromatic rings. The molecule has 4 N–H and O–H groups in total.